The normalized spacial score (nSPS) is 16.2. The Kier molecular flexibility index (Phi) is 23.1. The van der Waals surface area contributed by atoms with Crippen LogP contribution in [-0.4, -0.2) is 50.9 Å². The maximum Gasteiger partial charge on any atom is 0.319 e. The second-order valence-electron chi connectivity index (χ2n) is 25.5. The first-order valence-electron chi connectivity index (χ1n) is 33.5. The fourth-order valence-corrected chi connectivity index (χ4v) is 17.0. The summed E-state index contributed by atoms with van der Waals surface area (Å²) in [5, 5.41) is 1.29. The average molecular weight is 1320 g/mol. The van der Waals surface area contributed by atoms with Gasteiger partial charge in [0, 0.05) is 11.6 Å². The number of carbonyl (C=O) groups excluding carboxylic acids is 2. The third-order valence-electron chi connectivity index (χ3n) is 17.6. The van der Waals surface area contributed by atoms with E-state index in [4.69, 9.17) is 42.3 Å². The fourth-order valence-electron chi connectivity index (χ4n) is 12.6. The van der Waals surface area contributed by atoms with Crippen LogP contribution in [0.4, 0.5) is 0 Å². The lowest BCUT2D eigenvalue weighted by Gasteiger charge is -2.47. The summed E-state index contributed by atoms with van der Waals surface area (Å²) in [6, 6.07) is 98.8. The molecule has 11 aromatic rings. The Morgan fingerprint density at radius 3 is 1.20 bits per heavy atom. The van der Waals surface area contributed by atoms with Gasteiger partial charge in [-0.1, -0.05) is 294 Å². The Hall–Kier alpha value is -10.0. The highest BCUT2D eigenvalue weighted by atomic mass is 28.4. The van der Waals surface area contributed by atoms with Crippen molar-refractivity contribution in [2.45, 2.75) is 109 Å². The van der Waals surface area contributed by atoms with Crippen LogP contribution in [0, 0.1) is 0 Å². The van der Waals surface area contributed by atoms with Crippen molar-refractivity contribution in [3.8, 4) is 23.0 Å². The van der Waals surface area contributed by atoms with Crippen molar-refractivity contribution in [2.75, 3.05) is 6.61 Å². The third kappa shape index (κ3) is 17.2. The molecule has 1 aliphatic heterocycles. The molecule has 0 spiro atoms. The smallest absolute Gasteiger partial charge is 0.319 e. The molecule has 12 heteroatoms. The lowest BCUT2D eigenvalue weighted by Crippen LogP contribution is -2.69. The Morgan fingerprint density at radius 2 is 0.765 bits per heavy atom. The maximum atomic E-state index is 16.7. The zero-order chi connectivity index (χ0) is 67.4. The van der Waals surface area contributed by atoms with Crippen molar-refractivity contribution in [1.82, 2.24) is 0 Å². The number of hydrogen-bond acceptors (Lipinski definition) is 11. The van der Waals surface area contributed by atoms with Crippen molar-refractivity contribution in [3.63, 3.8) is 0 Å². The summed E-state index contributed by atoms with van der Waals surface area (Å²) in [5.74, 6) is 0.117. The molecule has 1 heterocycles. The Labute approximate surface area is 576 Å². The van der Waals surface area contributed by atoms with E-state index in [1.54, 1.807) is 24.3 Å². The second kappa shape index (κ2) is 33.3. The predicted molar refractivity (Wildman–Crippen MR) is 386 cm³/mol. The number of rotatable bonds is 31. The Bertz CT molecular complexity index is 4210. The second-order valence-corrected chi connectivity index (χ2v) is 29.7. The van der Waals surface area contributed by atoms with Crippen molar-refractivity contribution in [3.05, 3.63) is 359 Å². The number of benzene rings is 11. The highest BCUT2D eigenvalue weighted by Gasteiger charge is 2.55. The van der Waals surface area contributed by atoms with E-state index in [-0.39, 0.29) is 69.1 Å². The van der Waals surface area contributed by atoms with Crippen LogP contribution in [0.3, 0.4) is 0 Å². The topological polar surface area (TPSA) is 117 Å². The van der Waals surface area contributed by atoms with Gasteiger partial charge < -0.3 is 42.3 Å². The Balaban J connectivity index is 1.10. The summed E-state index contributed by atoms with van der Waals surface area (Å²) in [4.78, 5) is 31.9. The largest absolute Gasteiger partial charge is 0.533 e. The van der Waals surface area contributed by atoms with Gasteiger partial charge >= 0.3 is 8.32 Å². The van der Waals surface area contributed by atoms with E-state index in [2.05, 4.69) is 45.0 Å². The van der Waals surface area contributed by atoms with Gasteiger partial charge in [-0.2, -0.15) is 0 Å². The average Bonchev–Trinajstić information content (AvgIpc) is 0.730. The number of carbonyl (C=O) groups is 2. The lowest BCUT2D eigenvalue weighted by molar-refractivity contribution is -0.275. The van der Waals surface area contributed by atoms with E-state index < -0.39 is 61.9 Å². The minimum Gasteiger partial charge on any atom is -0.533 e. The van der Waals surface area contributed by atoms with Crippen molar-refractivity contribution in [1.29, 1.82) is 0 Å². The standard InChI is InChI=1S/C86H82O11Si/c1-86(2,3)98(72-45-27-11-28-46-72,73-47-29-12-30-48-73)97-77-54-76(91-57-65-35-17-6-18-36-65)80(82(93-59-67-39-21-8-22-40-67)79(77)75(88)53-74(87)70-49-51-71(52-50-70)90-56-64-33-15-5-16-34-64)83-85(95-61-69-43-25-10-26-44-69)84(94-60-68-41-23-9-24-42-68)81(92-58-66-37-19-7-20-38-66)78(96-83)62-89-55-63-31-13-4-14-32-63/h4-52,54,78,81,83-85H,53,55-62H2,1-3H3/t78-,81-,83+,84+,85+/m1/s1. The zero-order valence-corrected chi connectivity index (χ0v) is 56.6. The van der Waals surface area contributed by atoms with E-state index in [0.717, 1.165) is 49.3 Å². The molecule has 12 rings (SSSR count). The summed E-state index contributed by atoms with van der Waals surface area (Å²) in [6.07, 6.45) is -5.43. The minimum absolute atomic E-state index is 0.0265. The molecule has 0 unspecified atom stereocenters. The molecule has 0 amide bonds. The summed E-state index contributed by atoms with van der Waals surface area (Å²) in [6.45, 7) is 7.71. The van der Waals surface area contributed by atoms with Crippen LogP contribution in [0.15, 0.2) is 303 Å². The van der Waals surface area contributed by atoms with Gasteiger partial charge in [0.05, 0.1) is 45.0 Å². The highest BCUT2D eigenvalue weighted by Crippen LogP contribution is 2.52. The molecule has 1 aliphatic rings. The number of ether oxygens (including phenoxy) is 8. The van der Waals surface area contributed by atoms with E-state index >= 15 is 9.59 Å². The molecule has 5 atom stereocenters. The van der Waals surface area contributed by atoms with Crippen LogP contribution in [0.2, 0.25) is 5.04 Å². The van der Waals surface area contributed by atoms with E-state index in [9.17, 15) is 0 Å². The molecule has 0 N–H and O–H groups in total. The lowest BCUT2D eigenvalue weighted by atomic mass is 9.87. The maximum absolute atomic E-state index is 16.7. The monoisotopic (exact) mass is 1320 g/mol. The molecule has 1 saturated heterocycles. The first-order valence-corrected chi connectivity index (χ1v) is 35.4. The highest BCUT2D eigenvalue weighted by molar-refractivity contribution is 7.00. The molecule has 0 saturated carbocycles. The van der Waals surface area contributed by atoms with Gasteiger partial charge in [0.25, 0.3) is 0 Å². The van der Waals surface area contributed by atoms with Gasteiger partial charge in [-0.15, -0.1) is 0 Å². The van der Waals surface area contributed by atoms with Crippen LogP contribution < -0.4 is 29.0 Å². The molecule has 11 nitrogen and oxygen atoms in total. The van der Waals surface area contributed by atoms with Crippen LogP contribution in [-0.2, 0) is 69.9 Å². The molecule has 98 heavy (non-hydrogen) atoms. The minimum atomic E-state index is -3.68. The first-order chi connectivity index (χ1) is 48.1. The summed E-state index contributed by atoms with van der Waals surface area (Å²) >= 11 is 0. The van der Waals surface area contributed by atoms with Gasteiger partial charge in [0.15, 0.2) is 11.6 Å². The van der Waals surface area contributed by atoms with Gasteiger partial charge in [0.2, 0.25) is 0 Å². The number of Topliss-reactive ketones (excluding diaryl/α,β-unsaturated/α-hetero) is 2. The van der Waals surface area contributed by atoms with Crippen LogP contribution in [0.1, 0.15) is 98.5 Å². The van der Waals surface area contributed by atoms with Gasteiger partial charge in [-0.25, -0.2) is 0 Å². The van der Waals surface area contributed by atoms with Crippen LogP contribution in [0.5, 0.6) is 23.0 Å². The third-order valence-corrected chi connectivity index (χ3v) is 22.5. The van der Waals surface area contributed by atoms with Gasteiger partial charge in [-0.3, -0.25) is 9.59 Å². The number of ketones is 2. The fraction of sp³-hybridized carbons (Fsp3) is 0.209. The van der Waals surface area contributed by atoms with Crippen molar-refractivity contribution in [2.24, 2.45) is 0 Å². The molecular weight excluding hydrogens is 1240 g/mol. The summed E-state index contributed by atoms with van der Waals surface area (Å²) in [7, 11) is -3.68. The molecular formula is C86H82O11Si. The van der Waals surface area contributed by atoms with E-state index in [1.165, 1.54) is 0 Å². The summed E-state index contributed by atoms with van der Waals surface area (Å²) < 4.78 is 65.8. The molecule has 496 valence electrons. The van der Waals surface area contributed by atoms with E-state index in [1.807, 2.05) is 255 Å². The van der Waals surface area contributed by atoms with Crippen LogP contribution in [0.25, 0.3) is 0 Å². The number of hydrogen-bond donors (Lipinski definition) is 0. The van der Waals surface area contributed by atoms with Crippen LogP contribution >= 0.6 is 0 Å². The summed E-state index contributed by atoms with van der Waals surface area (Å²) in [5.41, 5.74) is 7.08. The van der Waals surface area contributed by atoms with Gasteiger partial charge in [0.1, 0.15) is 78.9 Å². The Morgan fingerprint density at radius 1 is 0.388 bits per heavy atom. The predicted octanol–water partition coefficient (Wildman–Crippen LogP) is 17.2. The molecule has 11 aromatic carbocycles. The quantitative estimate of drug-likeness (QED) is 0.0235. The SMILES string of the molecule is CC(C)(C)[Si](Oc1cc(OCc2ccccc2)c([C@@H]2O[C@H](COCc3ccccc3)[C@@H](OCc3ccccc3)[C@H](OCc3ccccc3)[C@H]2OCc2ccccc2)c(OCc2ccccc2)c1C(=O)CC(=O)c1ccc(OCc2ccccc2)cc1)(c1ccccc1)c1ccccc1. The van der Waals surface area contributed by atoms with Crippen molar-refractivity contribution < 1.29 is 51.9 Å². The molecule has 0 radical (unpaired) electrons. The molecule has 0 aliphatic carbocycles. The van der Waals surface area contributed by atoms with Gasteiger partial charge in [-0.05, 0) is 78.6 Å². The molecule has 0 aromatic heterocycles. The molecule has 1 fully saturated rings. The van der Waals surface area contributed by atoms with Crippen molar-refractivity contribution >= 4 is 30.3 Å². The van der Waals surface area contributed by atoms with E-state index in [0.29, 0.717) is 23.5 Å². The molecule has 0 bridgehead atoms. The first kappa shape index (κ1) is 67.9. The zero-order valence-electron chi connectivity index (χ0n) is 55.6.